The fraction of sp³-hybridized carbons (Fsp3) is 0.280. The molecule has 0 saturated carbocycles. The van der Waals surface area contributed by atoms with Gasteiger partial charge in [0, 0.05) is 48.5 Å². The van der Waals surface area contributed by atoms with E-state index in [2.05, 4.69) is 45.2 Å². The molecule has 1 fully saturated rings. The highest BCUT2D eigenvalue weighted by molar-refractivity contribution is 5.85. The molecule has 0 bridgehead atoms. The van der Waals surface area contributed by atoms with Crippen molar-refractivity contribution in [2.24, 2.45) is 5.92 Å². The standard InChI is InChI=1S/C25H26N4O/c30-25(14-19-4-2-1-3-5-19)28-11-8-20(9-12-28)18-29-13-10-22-15-21(6-7-24(22)29)23-16-26-27-17-23/h1-7,10,13,15-17,20H,8-9,11-12,14,18H2,(H,26,27). The maximum Gasteiger partial charge on any atom is 0.226 e. The summed E-state index contributed by atoms with van der Waals surface area (Å²) < 4.78 is 2.36. The van der Waals surface area contributed by atoms with Gasteiger partial charge < -0.3 is 9.47 Å². The summed E-state index contributed by atoms with van der Waals surface area (Å²) in [6.45, 7) is 2.73. The van der Waals surface area contributed by atoms with Crippen LogP contribution in [0, 0.1) is 5.92 Å². The van der Waals surface area contributed by atoms with Crippen LogP contribution in [0.4, 0.5) is 0 Å². The van der Waals surface area contributed by atoms with Gasteiger partial charge in [-0.2, -0.15) is 5.10 Å². The summed E-state index contributed by atoms with van der Waals surface area (Å²) in [5.41, 5.74) is 4.65. The number of piperidine rings is 1. The predicted octanol–water partition coefficient (Wildman–Crippen LogP) is 4.51. The van der Waals surface area contributed by atoms with Crippen LogP contribution in [0.15, 0.2) is 73.2 Å². The molecule has 0 atom stereocenters. The first-order valence-electron chi connectivity index (χ1n) is 10.7. The van der Waals surface area contributed by atoms with E-state index in [4.69, 9.17) is 0 Å². The number of rotatable bonds is 5. The second kappa shape index (κ2) is 8.19. The first kappa shape index (κ1) is 18.7. The number of likely N-dealkylation sites (tertiary alicyclic amines) is 1. The maximum absolute atomic E-state index is 12.6. The normalized spacial score (nSPS) is 15.0. The third-order valence-corrected chi connectivity index (χ3v) is 6.22. The van der Waals surface area contributed by atoms with E-state index in [-0.39, 0.29) is 5.91 Å². The lowest BCUT2D eigenvalue weighted by Gasteiger charge is -2.32. The summed E-state index contributed by atoms with van der Waals surface area (Å²) in [5.74, 6) is 0.854. The molecule has 30 heavy (non-hydrogen) atoms. The monoisotopic (exact) mass is 398 g/mol. The Morgan fingerprint density at radius 1 is 1.03 bits per heavy atom. The summed E-state index contributed by atoms with van der Waals surface area (Å²) in [6.07, 6.45) is 8.60. The number of nitrogens with zero attached hydrogens (tertiary/aromatic N) is 3. The van der Waals surface area contributed by atoms with Gasteiger partial charge in [-0.25, -0.2) is 0 Å². The zero-order valence-electron chi connectivity index (χ0n) is 17.0. The predicted molar refractivity (Wildman–Crippen MR) is 119 cm³/mol. The third kappa shape index (κ3) is 3.88. The molecule has 5 nitrogen and oxygen atoms in total. The average Bonchev–Trinajstić information content (AvgIpc) is 3.45. The smallest absolute Gasteiger partial charge is 0.226 e. The van der Waals surface area contributed by atoms with Crippen LogP contribution < -0.4 is 0 Å². The van der Waals surface area contributed by atoms with Crippen molar-refractivity contribution in [3.05, 3.63) is 78.8 Å². The van der Waals surface area contributed by atoms with Crippen LogP contribution in [0.3, 0.4) is 0 Å². The van der Waals surface area contributed by atoms with E-state index in [0.717, 1.165) is 43.6 Å². The van der Waals surface area contributed by atoms with Gasteiger partial charge in [0.25, 0.3) is 0 Å². The first-order valence-corrected chi connectivity index (χ1v) is 10.7. The number of H-pyrrole nitrogens is 1. The van der Waals surface area contributed by atoms with E-state index in [1.54, 1.807) is 0 Å². The second-order valence-corrected chi connectivity index (χ2v) is 8.22. The second-order valence-electron chi connectivity index (χ2n) is 8.22. The van der Waals surface area contributed by atoms with Crippen LogP contribution >= 0.6 is 0 Å². The van der Waals surface area contributed by atoms with Gasteiger partial charge in [0.2, 0.25) is 5.91 Å². The van der Waals surface area contributed by atoms with Gasteiger partial charge in [-0.15, -0.1) is 0 Å². The van der Waals surface area contributed by atoms with Crippen molar-refractivity contribution in [3.63, 3.8) is 0 Å². The highest BCUT2D eigenvalue weighted by Gasteiger charge is 2.23. The molecule has 0 unspecified atom stereocenters. The minimum Gasteiger partial charge on any atom is -0.347 e. The van der Waals surface area contributed by atoms with E-state index < -0.39 is 0 Å². The van der Waals surface area contributed by atoms with Gasteiger partial charge in [0.15, 0.2) is 0 Å². The van der Waals surface area contributed by atoms with Crippen molar-refractivity contribution in [3.8, 4) is 11.1 Å². The number of benzene rings is 2. The van der Waals surface area contributed by atoms with Crippen molar-refractivity contribution in [1.82, 2.24) is 19.7 Å². The summed E-state index contributed by atoms with van der Waals surface area (Å²) >= 11 is 0. The third-order valence-electron chi connectivity index (χ3n) is 6.22. The quantitative estimate of drug-likeness (QED) is 0.538. The molecule has 1 N–H and O–H groups in total. The van der Waals surface area contributed by atoms with E-state index in [0.29, 0.717) is 12.3 Å². The van der Waals surface area contributed by atoms with Crippen molar-refractivity contribution >= 4 is 16.8 Å². The Hall–Kier alpha value is -3.34. The van der Waals surface area contributed by atoms with Crippen LogP contribution in [-0.2, 0) is 17.8 Å². The minimum atomic E-state index is 0.248. The van der Waals surface area contributed by atoms with Crippen LogP contribution in [-0.4, -0.2) is 38.7 Å². The van der Waals surface area contributed by atoms with Crippen LogP contribution in [0.1, 0.15) is 18.4 Å². The Bertz CT molecular complexity index is 1120. The van der Waals surface area contributed by atoms with Gasteiger partial charge >= 0.3 is 0 Å². The number of hydrogen-bond donors (Lipinski definition) is 1. The first-order chi connectivity index (χ1) is 14.8. The summed E-state index contributed by atoms with van der Waals surface area (Å²) in [5, 5.41) is 8.18. The average molecular weight is 399 g/mol. The molecular formula is C25H26N4O. The maximum atomic E-state index is 12.6. The number of fused-ring (bicyclic) bond motifs is 1. The molecule has 2 aromatic carbocycles. The van der Waals surface area contributed by atoms with Gasteiger partial charge in [-0.05, 0) is 48.1 Å². The molecular weight excluding hydrogens is 372 g/mol. The largest absolute Gasteiger partial charge is 0.347 e. The number of hydrogen-bond acceptors (Lipinski definition) is 2. The van der Waals surface area contributed by atoms with Crippen LogP contribution in [0.2, 0.25) is 0 Å². The number of carbonyl (C=O) groups is 1. The zero-order valence-corrected chi connectivity index (χ0v) is 17.0. The van der Waals surface area contributed by atoms with Crippen molar-refractivity contribution in [1.29, 1.82) is 0 Å². The molecule has 4 aromatic rings. The minimum absolute atomic E-state index is 0.248. The molecule has 3 heterocycles. The van der Waals surface area contributed by atoms with Gasteiger partial charge in [-0.3, -0.25) is 9.89 Å². The number of aromatic nitrogens is 3. The van der Waals surface area contributed by atoms with Crippen molar-refractivity contribution in [2.45, 2.75) is 25.8 Å². The fourth-order valence-corrected chi connectivity index (χ4v) is 4.47. The number of amides is 1. The van der Waals surface area contributed by atoms with E-state index in [9.17, 15) is 4.79 Å². The van der Waals surface area contributed by atoms with Crippen molar-refractivity contribution in [2.75, 3.05) is 13.1 Å². The molecule has 5 rings (SSSR count). The molecule has 0 spiro atoms. The number of aromatic amines is 1. The Morgan fingerprint density at radius 2 is 1.87 bits per heavy atom. The number of carbonyl (C=O) groups excluding carboxylic acids is 1. The van der Waals surface area contributed by atoms with Gasteiger partial charge in [0.05, 0.1) is 12.6 Å². The highest BCUT2D eigenvalue weighted by atomic mass is 16.2. The summed E-state index contributed by atoms with van der Waals surface area (Å²) in [6, 6.07) is 18.8. The molecule has 2 aromatic heterocycles. The Balaban J connectivity index is 1.20. The molecule has 5 heteroatoms. The fourth-order valence-electron chi connectivity index (χ4n) is 4.47. The van der Waals surface area contributed by atoms with Crippen molar-refractivity contribution < 1.29 is 4.79 Å². The zero-order chi connectivity index (χ0) is 20.3. The van der Waals surface area contributed by atoms with Gasteiger partial charge in [-0.1, -0.05) is 36.4 Å². The topological polar surface area (TPSA) is 53.9 Å². The molecule has 1 saturated heterocycles. The molecule has 1 aliphatic heterocycles. The lowest BCUT2D eigenvalue weighted by atomic mass is 9.96. The van der Waals surface area contributed by atoms with E-state index >= 15 is 0 Å². The summed E-state index contributed by atoms with van der Waals surface area (Å²) in [4.78, 5) is 14.6. The van der Waals surface area contributed by atoms with Gasteiger partial charge in [0.1, 0.15) is 0 Å². The summed E-state index contributed by atoms with van der Waals surface area (Å²) in [7, 11) is 0. The molecule has 0 aliphatic carbocycles. The molecule has 0 radical (unpaired) electrons. The Labute approximate surface area is 176 Å². The highest BCUT2D eigenvalue weighted by Crippen LogP contribution is 2.27. The molecule has 152 valence electrons. The number of nitrogens with one attached hydrogen (secondary N) is 1. The van der Waals surface area contributed by atoms with Crippen LogP contribution in [0.25, 0.3) is 22.0 Å². The molecule has 1 amide bonds. The lowest BCUT2D eigenvalue weighted by molar-refractivity contribution is -0.131. The molecule has 1 aliphatic rings. The van der Waals surface area contributed by atoms with E-state index in [1.165, 1.54) is 16.5 Å². The Morgan fingerprint density at radius 3 is 2.63 bits per heavy atom. The Kier molecular flexibility index (Phi) is 5.10. The van der Waals surface area contributed by atoms with E-state index in [1.807, 2.05) is 47.6 Å². The van der Waals surface area contributed by atoms with Crippen LogP contribution in [0.5, 0.6) is 0 Å². The lowest BCUT2D eigenvalue weighted by Crippen LogP contribution is -2.40. The SMILES string of the molecule is O=C(Cc1ccccc1)N1CCC(Cn2ccc3cc(-c4cn[nH]c4)ccc32)CC1.